The highest BCUT2D eigenvalue weighted by Gasteiger charge is 2.27. The molecule has 0 aromatic rings. The number of nitrogens with two attached hydrogens (primary N) is 1. The lowest BCUT2D eigenvalue weighted by Gasteiger charge is -2.26. The van der Waals surface area contributed by atoms with Crippen molar-refractivity contribution in [3.8, 4) is 0 Å². The van der Waals surface area contributed by atoms with Crippen molar-refractivity contribution >= 4 is 5.91 Å². The lowest BCUT2D eigenvalue weighted by Crippen LogP contribution is -2.44. The van der Waals surface area contributed by atoms with Gasteiger partial charge in [-0.25, -0.2) is 0 Å². The van der Waals surface area contributed by atoms with Gasteiger partial charge in [0.2, 0.25) is 5.91 Å². The Hall–Kier alpha value is -0.570. The summed E-state index contributed by atoms with van der Waals surface area (Å²) in [6, 6.07) is -0.309. The molecule has 1 amide bonds. The Kier molecular flexibility index (Phi) is 4.99. The molecule has 0 bridgehead atoms. The van der Waals surface area contributed by atoms with Crippen molar-refractivity contribution in [2.24, 2.45) is 17.1 Å². The molecule has 3 heteroatoms. The van der Waals surface area contributed by atoms with Crippen LogP contribution in [0.15, 0.2) is 0 Å². The van der Waals surface area contributed by atoms with Crippen LogP contribution in [0.5, 0.6) is 0 Å². The molecule has 0 spiro atoms. The zero-order valence-electron chi connectivity index (χ0n) is 11.8. The van der Waals surface area contributed by atoms with Crippen LogP contribution in [0.25, 0.3) is 0 Å². The Morgan fingerprint density at radius 3 is 2.53 bits per heavy atom. The van der Waals surface area contributed by atoms with Crippen LogP contribution in [0.2, 0.25) is 0 Å². The summed E-state index contributed by atoms with van der Waals surface area (Å²) in [6.45, 7) is 10.5. The number of likely N-dealkylation sites (tertiary alicyclic amines) is 1. The van der Waals surface area contributed by atoms with Gasteiger partial charge in [-0.3, -0.25) is 4.79 Å². The molecule has 1 atom stereocenters. The van der Waals surface area contributed by atoms with Gasteiger partial charge in [-0.05, 0) is 37.0 Å². The molecule has 3 nitrogen and oxygen atoms in total. The van der Waals surface area contributed by atoms with Crippen LogP contribution in [-0.2, 0) is 4.79 Å². The van der Waals surface area contributed by atoms with Crippen LogP contribution in [-0.4, -0.2) is 29.9 Å². The van der Waals surface area contributed by atoms with Gasteiger partial charge >= 0.3 is 0 Å². The number of rotatable bonds is 3. The highest BCUT2D eigenvalue weighted by Crippen LogP contribution is 2.29. The molecule has 0 aromatic heterocycles. The predicted octanol–water partition coefficient (Wildman–Crippen LogP) is 2.40. The van der Waals surface area contributed by atoms with Gasteiger partial charge in [0.1, 0.15) is 0 Å². The third-order valence-corrected chi connectivity index (χ3v) is 3.69. The van der Waals surface area contributed by atoms with E-state index in [4.69, 9.17) is 5.73 Å². The number of nitrogens with zero attached hydrogens (tertiary/aromatic N) is 1. The van der Waals surface area contributed by atoms with E-state index >= 15 is 0 Å². The summed E-state index contributed by atoms with van der Waals surface area (Å²) < 4.78 is 0. The van der Waals surface area contributed by atoms with Gasteiger partial charge in [0.25, 0.3) is 0 Å². The summed E-state index contributed by atoms with van der Waals surface area (Å²) in [5.74, 6) is 0.633. The normalized spacial score (nSPS) is 22.4. The molecule has 1 rings (SSSR count). The van der Waals surface area contributed by atoms with Crippen LogP contribution in [0, 0.1) is 11.3 Å². The van der Waals surface area contributed by atoms with Gasteiger partial charge in [-0.2, -0.15) is 0 Å². The third-order valence-electron chi connectivity index (χ3n) is 3.69. The molecule has 1 aliphatic rings. The summed E-state index contributed by atoms with van der Waals surface area (Å²) in [7, 11) is 0. The van der Waals surface area contributed by atoms with E-state index in [-0.39, 0.29) is 11.9 Å². The highest BCUT2D eigenvalue weighted by molar-refractivity contribution is 5.81. The van der Waals surface area contributed by atoms with Crippen LogP contribution < -0.4 is 5.73 Å². The molecule has 17 heavy (non-hydrogen) atoms. The molecule has 1 heterocycles. The van der Waals surface area contributed by atoms with Crippen molar-refractivity contribution in [3.05, 3.63) is 0 Å². The van der Waals surface area contributed by atoms with Gasteiger partial charge in [-0.1, -0.05) is 27.7 Å². The Morgan fingerprint density at radius 2 is 1.94 bits per heavy atom. The summed E-state index contributed by atoms with van der Waals surface area (Å²) in [4.78, 5) is 14.2. The fourth-order valence-corrected chi connectivity index (χ4v) is 2.49. The van der Waals surface area contributed by atoms with E-state index in [0.717, 1.165) is 32.4 Å². The molecular formula is C14H28N2O. The van der Waals surface area contributed by atoms with E-state index in [1.54, 1.807) is 0 Å². The Balaban J connectivity index is 2.52. The van der Waals surface area contributed by atoms with Crippen molar-refractivity contribution in [2.45, 2.75) is 59.4 Å². The molecule has 0 aromatic carbocycles. The smallest absolute Gasteiger partial charge is 0.239 e. The van der Waals surface area contributed by atoms with Crippen molar-refractivity contribution in [1.29, 1.82) is 0 Å². The van der Waals surface area contributed by atoms with Crippen LogP contribution in [0.4, 0.5) is 0 Å². The fraction of sp³-hybridized carbons (Fsp3) is 0.929. The maximum Gasteiger partial charge on any atom is 0.239 e. The van der Waals surface area contributed by atoms with Crippen molar-refractivity contribution < 1.29 is 4.79 Å². The number of hydrogen-bond donors (Lipinski definition) is 1. The van der Waals surface area contributed by atoms with Gasteiger partial charge in [0.15, 0.2) is 0 Å². The largest absolute Gasteiger partial charge is 0.341 e. The maximum atomic E-state index is 12.2. The summed E-state index contributed by atoms with van der Waals surface area (Å²) in [5.41, 5.74) is 6.35. The first-order chi connectivity index (χ1) is 7.82. The first-order valence-electron chi connectivity index (χ1n) is 6.86. The number of carbonyl (C=O) groups is 1. The van der Waals surface area contributed by atoms with Crippen molar-refractivity contribution in [2.75, 3.05) is 13.1 Å². The van der Waals surface area contributed by atoms with E-state index in [0.29, 0.717) is 11.3 Å². The molecular weight excluding hydrogens is 212 g/mol. The second-order valence-electron chi connectivity index (χ2n) is 6.58. The van der Waals surface area contributed by atoms with Crippen molar-refractivity contribution in [3.63, 3.8) is 0 Å². The second-order valence-corrected chi connectivity index (χ2v) is 6.58. The highest BCUT2D eigenvalue weighted by atomic mass is 16.2. The summed E-state index contributed by atoms with van der Waals surface area (Å²) in [6.07, 6.45) is 4.19. The molecule has 1 aliphatic heterocycles. The minimum Gasteiger partial charge on any atom is -0.341 e. The van der Waals surface area contributed by atoms with E-state index in [2.05, 4.69) is 27.7 Å². The molecule has 1 fully saturated rings. The lowest BCUT2D eigenvalue weighted by molar-refractivity contribution is -0.133. The fourth-order valence-electron chi connectivity index (χ4n) is 2.49. The average molecular weight is 240 g/mol. The monoisotopic (exact) mass is 240 g/mol. The minimum atomic E-state index is -0.309. The van der Waals surface area contributed by atoms with Crippen LogP contribution in [0.3, 0.4) is 0 Å². The first-order valence-corrected chi connectivity index (χ1v) is 6.86. The minimum absolute atomic E-state index is 0.149. The van der Waals surface area contributed by atoms with Crippen LogP contribution >= 0.6 is 0 Å². The van der Waals surface area contributed by atoms with Gasteiger partial charge in [0.05, 0.1) is 6.04 Å². The van der Waals surface area contributed by atoms with E-state index in [9.17, 15) is 4.79 Å². The standard InChI is InChI=1S/C14H28N2O/c1-11(2)10-12(15)13(17)16-8-5-6-14(3,4)7-9-16/h11-12H,5-10,15H2,1-4H3/t12-/m1/s1. The molecule has 0 unspecified atom stereocenters. The SMILES string of the molecule is CC(C)C[C@@H](N)C(=O)N1CCCC(C)(C)CC1. The molecule has 1 saturated heterocycles. The number of carbonyl (C=O) groups excluding carboxylic acids is 1. The van der Waals surface area contributed by atoms with E-state index < -0.39 is 0 Å². The Labute approximate surface area is 106 Å². The molecule has 2 N–H and O–H groups in total. The zero-order valence-corrected chi connectivity index (χ0v) is 11.8. The first kappa shape index (κ1) is 14.5. The Bertz CT molecular complexity index is 261. The van der Waals surface area contributed by atoms with Gasteiger partial charge in [-0.15, -0.1) is 0 Å². The van der Waals surface area contributed by atoms with E-state index in [1.165, 1.54) is 6.42 Å². The molecule has 0 saturated carbocycles. The Morgan fingerprint density at radius 1 is 1.29 bits per heavy atom. The van der Waals surface area contributed by atoms with Crippen molar-refractivity contribution in [1.82, 2.24) is 4.90 Å². The molecule has 0 aliphatic carbocycles. The summed E-state index contributed by atoms with van der Waals surface area (Å²) in [5, 5.41) is 0. The average Bonchev–Trinajstić information content (AvgIpc) is 2.37. The number of amides is 1. The second kappa shape index (κ2) is 5.85. The lowest BCUT2D eigenvalue weighted by atomic mass is 9.85. The molecule has 100 valence electrons. The maximum absolute atomic E-state index is 12.2. The zero-order chi connectivity index (χ0) is 13.1. The van der Waals surface area contributed by atoms with E-state index in [1.807, 2.05) is 4.90 Å². The third kappa shape index (κ3) is 4.66. The van der Waals surface area contributed by atoms with Gasteiger partial charge < -0.3 is 10.6 Å². The predicted molar refractivity (Wildman–Crippen MR) is 71.6 cm³/mol. The summed E-state index contributed by atoms with van der Waals surface area (Å²) >= 11 is 0. The topological polar surface area (TPSA) is 46.3 Å². The quantitative estimate of drug-likeness (QED) is 0.823. The molecule has 0 radical (unpaired) electrons. The van der Waals surface area contributed by atoms with Gasteiger partial charge in [0, 0.05) is 13.1 Å². The van der Waals surface area contributed by atoms with Crippen LogP contribution in [0.1, 0.15) is 53.4 Å². The number of hydrogen-bond acceptors (Lipinski definition) is 2.